The number of alkyl halides is 3. The summed E-state index contributed by atoms with van der Waals surface area (Å²) in [7, 11) is -2.49. The SMILES string of the molecule is COc1ncc(-c2nc(OCc3cccc(C(F)(F)F)c3)c(F)cc2F)cc1NS(C)(=O)=O. The number of hydrogen-bond acceptors (Lipinski definition) is 6. The molecule has 0 amide bonds. The lowest BCUT2D eigenvalue weighted by molar-refractivity contribution is -0.137. The number of pyridine rings is 2. The molecule has 3 rings (SSSR count). The molecule has 0 aliphatic rings. The van der Waals surface area contributed by atoms with Gasteiger partial charge in [0.2, 0.25) is 15.9 Å². The van der Waals surface area contributed by atoms with Crippen molar-refractivity contribution in [1.82, 2.24) is 9.97 Å². The fourth-order valence-corrected chi connectivity index (χ4v) is 3.31. The van der Waals surface area contributed by atoms with Crippen LogP contribution in [-0.4, -0.2) is 31.8 Å². The van der Waals surface area contributed by atoms with Crippen molar-refractivity contribution in [1.29, 1.82) is 0 Å². The van der Waals surface area contributed by atoms with Crippen LogP contribution < -0.4 is 14.2 Å². The van der Waals surface area contributed by atoms with E-state index < -0.39 is 51.6 Å². The molecule has 7 nitrogen and oxygen atoms in total. The standard InChI is InChI=1S/C20H16F5N3O4S/c1-31-19-16(28-33(2,29)30)7-12(9-26-19)17-14(21)8-15(22)18(27-17)32-10-11-4-3-5-13(6-11)20(23,24)25/h3-9,28H,10H2,1-2H3. The molecule has 0 radical (unpaired) electrons. The maximum absolute atomic E-state index is 14.4. The normalized spacial score (nSPS) is 11.8. The third-order valence-electron chi connectivity index (χ3n) is 4.14. The first kappa shape index (κ1) is 24.2. The number of anilines is 1. The number of hydrogen-bond donors (Lipinski definition) is 1. The van der Waals surface area contributed by atoms with Gasteiger partial charge >= 0.3 is 6.18 Å². The Morgan fingerprint density at radius 3 is 2.42 bits per heavy atom. The molecule has 13 heteroatoms. The van der Waals surface area contributed by atoms with E-state index in [1.54, 1.807) is 0 Å². The third kappa shape index (κ3) is 6.06. The lowest BCUT2D eigenvalue weighted by Crippen LogP contribution is -2.11. The highest BCUT2D eigenvalue weighted by molar-refractivity contribution is 7.92. The Bertz CT molecular complexity index is 1280. The van der Waals surface area contributed by atoms with Gasteiger partial charge in [-0.2, -0.15) is 13.2 Å². The Balaban J connectivity index is 1.93. The van der Waals surface area contributed by atoms with Gasteiger partial charge in [-0.25, -0.2) is 27.2 Å². The maximum atomic E-state index is 14.4. The minimum absolute atomic E-state index is 0.0385. The number of benzene rings is 1. The zero-order valence-corrected chi connectivity index (χ0v) is 17.9. The van der Waals surface area contributed by atoms with Crippen LogP contribution in [0.25, 0.3) is 11.3 Å². The second-order valence-electron chi connectivity index (χ2n) is 6.75. The first-order chi connectivity index (χ1) is 15.4. The van der Waals surface area contributed by atoms with Crippen molar-refractivity contribution >= 4 is 15.7 Å². The minimum Gasteiger partial charge on any atom is -0.480 e. The van der Waals surface area contributed by atoms with Crippen molar-refractivity contribution in [3.05, 3.63) is 65.4 Å². The van der Waals surface area contributed by atoms with Crippen LogP contribution in [0.2, 0.25) is 0 Å². The van der Waals surface area contributed by atoms with Crippen molar-refractivity contribution in [3.8, 4) is 23.0 Å². The molecule has 0 unspecified atom stereocenters. The van der Waals surface area contributed by atoms with E-state index in [-0.39, 0.29) is 22.7 Å². The van der Waals surface area contributed by atoms with Crippen molar-refractivity contribution in [2.24, 2.45) is 0 Å². The first-order valence-corrected chi connectivity index (χ1v) is 10.9. The number of nitrogens with one attached hydrogen (secondary N) is 1. The molecule has 1 aromatic carbocycles. The van der Waals surface area contributed by atoms with Gasteiger partial charge in [-0.3, -0.25) is 4.72 Å². The van der Waals surface area contributed by atoms with Crippen LogP contribution in [0.4, 0.5) is 27.6 Å². The Morgan fingerprint density at radius 1 is 1.06 bits per heavy atom. The van der Waals surface area contributed by atoms with Crippen LogP contribution in [0.3, 0.4) is 0 Å². The molecule has 0 saturated carbocycles. The summed E-state index contributed by atoms with van der Waals surface area (Å²) >= 11 is 0. The number of halogens is 5. The molecule has 0 fully saturated rings. The Hall–Kier alpha value is -3.48. The summed E-state index contributed by atoms with van der Waals surface area (Å²) in [6.07, 6.45) is -2.57. The lowest BCUT2D eigenvalue weighted by Gasteiger charge is -2.13. The summed E-state index contributed by atoms with van der Waals surface area (Å²) in [5.74, 6) is -3.06. The zero-order valence-electron chi connectivity index (χ0n) is 17.1. The predicted molar refractivity (Wildman–Crippen MR) is 108 cm³/mol. The van der Waals surface area contributed by atoms with E-state index in [2.05, 4.69) is 14.7 Å². The van der Waals surface area contributed by atoms with E-state index >= 15 is 0 Å². The molecule has 0 bridgehead atoms. The number of sulfonamides is 1. The summed E-state index contributed by atoms with van der Waals surface area (Å²) in [5.41, 5.74) is -1.41. The quantitative estimate of drug-likeness (QED) is 0.495. The molecular weight excluding hydrogens is 473 g/mol. The molecule has 0 atom stereocenters. The van der Waals surface area contributed by atoms with E-state index in [4.69, 9.17) is 9.47 Å². The van der Waals surface area contributed by atoms with Gasteiger partial charge < -0.3 is 9.47 Å². The molecule has 2 heterocycles. The topological polar surface area (TPSA) is 90.4 Å². The second kappa shape index (κ2) is 9.17. The molecule has 0 aliphatic carbocycles. The molecule has 0 saturated heterocycles. The van der Waals surface area contributed by atoms with E-state index in [0.717, 1.165) is 24.6 Å². The average Bonchev–Trinajstić information content (AvgIpc) is 2.71. The fraction of sp³-hybridized carbons (Fsp3) is 0.200. The zero-order chi connectivity index (χ0) is 24.4. The van der Waals surface area contributed by atoms with Crippen LogP contribution in [0, 0.1) is 11.6 Å². The van der Waals surface area contributed by atoms with E-state index in [0.29, 0.717) is 6.07 Å². The lowest BCUT2D eigenvalue weighted by atomic mass is 10.1. The van der Waals surface area contributed by atoms with Gasteiger partial charge in [0.15, 0.2) is 11.6 Å². The summed E-state index contributed by atoms with van der Waals surface area (Å²) in [4.78, 5) is 7.65. The summed E-state index contributed by atoms with van der Waals surface area (Å²) < 4.78 is 103. The van der Waals surface area contributed by atoms with Gasteiger partial charge in [-0.05, 0) is 23.8 Å². The Morgan fingerprint density at radius 2 is 1.79 bits per heavy atom. The van der Waals surface area contributed by atoms with Crippen LogP contribution in [0.1, 0.15) is 11.1 Å². The molecule has 1 N–H and O–H groups in total. The van der Waals surface area contributed by atoms with Gasteiger partial charge in [-0.1, -0.05) is 12.1 Å². The summed E-state index contributed by atoms with van der Waals surface area (Å²) in [6, 6.07) is 5.87. The number of aromatic nitrogens is 2. The van der Waals surface area contributed by atoms with E-state index in [1.165, 1.54) is 25.3 Å². The largest absolute Gasteiger partial charge is 0.480 e. The van der Waals surface area contributed by atoms with Crippen LogP contribution >= 0.6 is 0 Å². The highest BCUT2D eigenvalue weighted by Gasteiger charge is 2.30. The predicted octanol–water partition coefficient (Wildman–Crippen LogP) is 4.40. The molecule has 3 aromatic rings. The Kier molecular flexibility index (Phi) is 6.72. The van der Waals surface area contributed by atoms with Gasteiger partial charge in [0.05, 0.1) is 18.9 Å². The number of nitrogens with zero attached hydrogens (tertiary/aromatic N) is 2. The van der Waals surface area contributed by atoms with Crippen LogP contribution in [0.15, 0.2) is 42.6 Å². The third-order valence-corrected chi connectivity index (χ3v) is 4.73. The van der Waals surface area contributed by atoms with Crippen molar-refractivity contribution in [2.75, 3.05) is 18.1 Å². The van der Waals surface area contributed by atoms with Gasteiger partial charge in [0, 0.05) is 17.8 Å². The van der Waals surface area contributed by atoms with Crippen molar-refractivity contribution in [2.45, 2.75) is 12.8 Å². The minimum atomic E-state index is -4.57. The molecule has 176 valence electrons. The molecule has 2 aromatic heterocycles. The number of methoxy groups -OCH3 is 1. The monoisotopic (exact) mass is 489 g/mol. The average molecular weight is 489 g/mol. The van der Waals surface area contributed by atoms with E-state index in [1.807, 2.05) is 0 Å². The fourth-order valence-electron chi connectivity index (χ4n) is 2.76. The van der Waals surface area contributed by atoms with Crippen LogP contribution in [-0.2, 0) is 22.8 Å². The molecule has 33 heavy (non-hydrogen) atoms. The first-order valence-electron chi connectivity index (χ1n) is 9.04. The van der Waals surface area contributed by atoms with Gasteiger partial charge in [0.1, 0.15) is 18.0 Å². The molecule has 0 aliphatic heterocycles. The number of rotatable bonds is 7. The van der Waals surface area contributed by atoms with Crippen molar-refractivity contribution in [3.63, 3.8) is 0 Å². The summed E-state index contributed by atoms with van der Waals surface area (Å²) in [5, 5.41) is 0. The molecule has 0 spiro atoms. The summed E-state index contributed by atoms with van der Waals surface area (Å²) in [6.45, 7) is -0.472. The van der Waals surface area contributed by atoms with Crippen molar-refractivity contribution < 1.29 is 39.8 Å². The Labute approximate surface area is 185 Å². The smallest absolute Gasteiger partial charge is 0.416 e. The number of ether oxygens (including phenoxy) is 2. The van der Waals surface area contributed by atoms with Crippen LogP contribution in [0.5, 0.6) is 11.8 Å². The second-order valence-corrected chi connectivity index (χ2v) is 8.50. The highest BCUT2D eigenvalue weighted by atomic mass is 32.2. The van der Waals surface area contributed by atoms with Gasteiger partial charge in [0.25, 0.3) is 5.88 Å². The van der Waals surface area contributed by atoms with E-state index in [9.17, 15) is 30.4 Å². The maximum Gasteiger partial charge on any atom is 0.416 e. The molecular formula is C20H16F5N3O4S. The highest BCUT2D eigenvalue weighted by Crippen LogP contribution is 2.32. The van der Waals surface area contributed by atoms with Gasteiger partial charge in [-0.15, -0.1) is 0 Å².